The SMILES string of the molecule is CC(C)=C[C@@H](O)[C@@]12O[C@H]1C(=O)[C@@]13C(=CO[C@@H](C)[C@H]1[C@H]1C4=C(C(=O)[C@@]5([C@@H](O)C=C(C)C)O[C@@H]5C4=O)[C@H]3O[C@@H]1C)C2=O. The van der Waals surface area contributed by atoms with Crippen molar-refractivity contribution in [2.24, 2.45) is 17.3 Å². The first-order chi connectivity index (χ1) is 18.8. The van der Waals surface area contributed by atoms with E-state index < -0.39 is 94.3 Å². The number of Topliss-reactive ketones (excluding diaryl/α,β-unsaturated/α-hetero) is 4. The smallest absolute Gasteiger partial charge is 0.201 e. The van der Waals surface area contributed by atoms with Crippen LogP contribution >= 0.6 is 0 Å². The van der Waals surface area contributed by atoms with Crippen LogP contribution in [0.4, 0.5) is 0 Å². The molecule has 0 aromatic heterocycles. The highest BCUT2D eigenvalue weighted by molar-refractivity contribution is 6.26. The van der Waals surface area contributed by atoms with Gasteiger partial charge < -0.3 is 29.2 Å². The average Bonchev–Trinajstić information content (AvgIpc) is 3.78. The Morgan fingerprint density at radius 2 is 1.40 bits per heavy atom. The summed E-state index contributed by atoms with van der Waals surface area (Å²) in [5.41, 5.74) is -3.57. The molecule has 5 aliphatic heterocycles. The molecule has 8 rings (SSSR count). The fourth-order valence-electron chi connectivity index (χ4n) is 8.27. The Hall–Kier alpha value is -2.76. The summed E-state index contributed by atoms with van der Waals surface area (Å²) >= 11 is 0. The van der Waals surface area contributed by atoms with E-state index in [9.17, 15) is 29.4 Å². The number of hydrogen-bond acceptors (Lipinski definition) is 10. The molecule has 1 spiro atoms. The first-order valence-electron chi connectivity index (χ1n) is 13.7. The van der Waals surface area contributed by atoms with Crippen LogP contribution in [0.25, 0.3) is 0 Å². The first-order valence-corrected chi connectivity index (χ1v) is 13.7. The monoisotopic (exact) mass is 552 g/mol. The van der Waals surface area contributed by atoms with Gasteiger partial charge in [0.2, 0.25) is 5.78 Å². The molecule has 0 aromatic rings. The molecule has 0 aromatic carbocycles. The Bertz CT molecular complexity index is 1440. The van der Waals surface area contributed by atoms with E-state index in [1.165, 1.54) is 18.4 Å². The molecular formula is C30H32O10. The minimum atomic E-state index is -1.80. The van der Waals surface area contributed by atoms with Gasteiger partial charge in [0.25, 0.3) is 0 Å². The van der Waals surface area contributed by atoms with E-state index in [4.69, 9.17) is 18.9 Å². The van der Waals surface area contributed by atoms with Crippen molar-refractivity contribution in [1.29, 1.82) is 0 Å². The van der Waals surface area contributed by atoms with Crippen LogP contribution in [0.5, 0.6) is 0 Å². The fraction of sp³-hybridized carbons (Fsp3) is 0.600. The number of carbonyl (C=O) groups excluding carboxylic acids is 4. The van der Waals surface area contributed by atoms with Gasteiger partial charge in [0.1, 0.15) is 23.7 Å². The number of rotatable bonds is 4. The third-order valence-corrected chi connectivity index (χ3v) is 9.92. The van der Waals surface area contributed by atoms with Crippen LogP contribution in [0.3, 0.4) is 0 Å². The van der Waals surface area contributed by atoms with E-state index >= 15 is 0 Å². The van der Waals surface area contributed by atoms with Gasteiger partial charge in [-0.3, -0.25) is 19.2 Å². The Morgan fingerprint density at radius 1 is 0.825 bits per heavy atom. The second-order valence-electron chi connectivity index (χ2n) is 12.7. The van der Waals surface area contributed by atoms with Crippen LogP contribution in [-0.2, 0) is 38.1 Å². The topological polar surface area (TPSA) is 152 Å². The zero-order chi connectivity index (χ0) is 28.8. The number of ketones is 4. The zero-order valence-electron chi connectivity index (χ0n) is 23.1. The highest BCUT2D eigenvalue weighted by Crippen LogP contribution is 2.69. The summed E-state index contributed by atoms with van der Waals surface area (Å²) in [6, 6.07) is 0. The molecule has 40 heavy (non-hydrogen) atoms. The molecule has 0 amide bonds. The molecule has 0 unspecified atom stereocenters. The van der Waals surface area contributed by atoms with Gasteiger partial charge in [0.15, 0.2) is 40.8 Å². The quantitative estimate of drug-likeness (QED) is 0.379. The van der Waals surface area contributed by atoms with E-state index in [2.05, 4.69) is 0 Å². The lowest BCUT2D eigenvalue weighted by Gasteiger charge is -2.62. The van der Waals surface area contributed by atoms with Crippen LogP contribution in [0.15, 0.2) is 46.3 Å². The van der Waals surface area contributed by atoms with Crippen LogP contribution in [0.1, 0.15) is 41.5 Å². The molecule has 0 radical (unpaired) electrons. The summed E-state index contributed by atoms with van der Waals surface area (Å²) in [6.45, 7) is 10.6. The summed E-state index contributed by atoms with van der Waals surface area (Å²) in [5, 5.41) is 22.0. The third kappa shape index (κ3) is 2.68. The molecule has 8 aliphatic rings. The van der Waals surface area contributed by atoms with Gasteiger partial charge in [0.05, 0.1) is 24.0 Å². The van der Waals surface area contributed by atoms with Gasteiger partial charge in [-0.1, -0.05) is 23.3 Å². The van der Waals surface area contributed by atoms with Crippen molar-refractivity contribution >= 4 is 23.1 Å². The number of fused-ring (bicyclic) bond motifs is 3. The fourth-order valence-corrected chi connectivity index (χ4v) is 8.27. The molecule has 12 atom stereocenters. The summed E-state index contributed by atoms with van der Waals surface area (Å²) < 4.78 is 23.8. The van der Waals surface area contributed by atoms with Crippen molar-refractivity contribution in [3.8, 4) is 0 Å². The molecular weight excluding hydrogens is 520 g/mol. The van der Waals surface area contributed by atoms with E-state index in [1.807, 2.05) is 0 Å². The van der Waals surface area contributed by atoms with Crippen molar-refractivity contribution in [2.75, 3.05) is 0 Å². The van der Waals surface area contributed by atoms with Crippen LogP contribution < -0.4 is 0 Å². The van der Waals surface area contributed by atoms with Crippen LogP contribution in [-0.4, -0.2) is 87.3 Å². The van der Waals surface area contributed by atoms with E-state index in [-0.39, 0.29) is 16.7 Å². The van der Waals surface area contributed by atoms with Gasteiger partial charge in [0, 0.05) is 23.0 Å². The molecule has 2 bridgehead atoms. The Balaban J connectivity index is 1.42. The number of hydrogen-bond donors (Lipinski definition) is 2. The lowest BCUT2D eigenvalue weighted by molar-refractivity contribution is -0.205. The van der Waals surface area contributed by atoms with E-state index in [0.29, 0.717) is 0 Å². The molecule has 2 N–H and O–H groups in total. The number of aliphatic hydroxyl groups excluding tert-OH is 2. The van der Waals surface area contributed by atoms with Crippen molar-refractivity contribution in [1.82, 2.24) is 0 Å². The molecule has 3 saturated heterocycles. The van der Waals surface area contributed by atoms with Crippen molar-refractivity contribution in [2.45, 2.75) is 95.5 Å². The maximum atomic E-state index is 14.6. The standard InChI is InChI=1S/C30H32O10/c1-10(2)7-15(31)29-22(34)14-9-37-13(6)20-17-12(5)38-25(28(14,20)24(36)27(29)40-29)19-18(17)21(33)26-30(39-26,23(19)35)16(32)8-11(3)4/h7-9,12-13,15-17,20,25-27,31-32H,1-6H3/t12-,13+,15-,16+,17-,20+,25-,26-,27+,28-,29+,30-/m1/s1. The van der Waals surface area contributed by atoms with Gasteiger partial charge in [-0.25, -0.2) is 0 Å². The molecule has 10 heteroatoms. The maximum Gasteiger partial charge on any atom is 0.201 e. The normalized spacial score (nSPS) is 47.0. The van der Waals surface area contributed by atoms with E-state index in [0.717, 1.165) is 11.1 Å². The first kappa shape index (κ1) is 26.2. The average molecular weight is 553 g/mol. The minimum absolute atomic E-state index is 0.0153. The lowest BCUT2D eigenvalue weighted by atomic mass is 9.44. The molecule has 1 saturated carbocycles. The lowest BCUT2D eigenvalue weighted by Crippen LogP contribution is -2.73. The highest BCUT2D eigenvalue weighted by Gasteiger charge is 2.86. The van der Waals surface area contributed by atoms with Crippen molar-refractivity contribution in [3.05, 3.63) is 46.3 Å². The largest absolute Gasteiger partial charge is 0.498 e. The second-order valence-corrected chi connectivity index (χ2v) is 12.7. The molecule has 5 heterocycles. The Kier molecular flexibility index (Phi) is 5.06. The molecule has 3 aliphatic carbocycles. The van der Waals surface area contributed by atoms with Gasteiger partial charge in [-0.2, -0.15) is 0 Å². The van der Waals surface area contributed by atoms with Crippen molar-refractivity contribution in [3.63, 3.8) is 0 Å². The highest BCUT2D eigenvalue weighted by atomic mass is 16.6. The van der Waals surface area contributed by atoms with Crippen LogP contribution in [0.2, 0.25) is 0 Å². The predicted molar refractivity (Wildman–Crippen MR) is 136 cm³/mol. The maximum absolute atomic E-state index is 14.6. The Labute approximate surface area is 230 Å². The minimum Gasteiger partial charge on any atom is -0.498 e. The molecule has 10 nitrogen and oxygen atoms in total. The summed E-state index contributed by atoms with van der Waals surface area (Å²) in [7, 11) is 0. The van der Waals surface area contributed by atoms with Crippen molar-refractivity contribution < 1.29 is 48.3 Å². The predicted octanol–water partition coefficient (Wildman–Crippen LogP) is 0.838. The summed E-state index contributed by atoms with van der Waals surface area (Å²) in [4.78, 5) is 56.9. The molecule has 4 fully saturated rings. The molecule has 212 valence electrons. The third-order valence-electron chi connectivity index (χ3n) is 9.92. The van der Waals surface area contributed by atoms with Crippen LogP contribution in [0, 0.1) is 17.3 Å². The second kappa shape index (κ2) is 7.74. The number of epoxide rings is 2. The van der Waals surface area contributed by atoms with E-state index in [1.54, 1.807) is 41.5 Å². The number of ether oxygens (including phenoxy) is 4. The number of carbonyl (C=O) groups is 4. The zero-order valence-corrected chi connectivity index (χ0v) is 23.1. The number of aliphatic hydroxyl groups is 2. The Morgan fingerprint density at radius 3 is 2.00 bits per heavy atom. The summed E-state index contributed by atoms with van der Waals surface area (Å²) in [5.74, 6) is -3.55. The van der Waals surface area contributed by atoms with Gasteiger partial charge >= 0.3 is 0 Å². The van der Waals surface area contributed by atoms with Gasteiger partial charge in [-0.15, -0.1) is 0 Å². The number of allylic oxidation sites excluding steroid dienone is 2. The summed E-state index contributed by atoms with van der Waals surface area (Å²) in [6.07, 6.45) is -3.41. The van der Waals surface area contributed by atoms with Gasteiger partial charge in [-0.05, 0) is 41.5 Å².